The van der Waals surface area contributed by atoms with E-state index in [1.54, 1.807) is 0 Å². The lowest BCUT2D eigenvalue weighted by Crippen LogP contribution is -2.48. The van der Waals surface area contributed by atoms with Crippen LogP contribution < -0.4 is 0 Å². The summed E-state index contributed by atoms with van der Waals surface area (Å²) in [5.41, 5.74) is 0. The lowest BCUT2D eigenvalue weighted by molar-refractivity contribution is 0.0672. The summed E-state index contributed by atoms with van der Waals surface area (Å²) in [6.07, 6.45) is 5.16. The molecule has 3 atom stereocenters. The average Bonchev–Trinajstić information content (AvgIpc) is 2.36. The fourth-order valence-electron chi connectivity index (χ4n) is 3.40. The quantitative estimate of drug-likeness (QED) is 0.637. The first-order chi connectivity index (χ1) is 7.76. The Morgan fingerprint density at radius 2 is 2.06 bits per heavy atom. The second-order valence-corrected chi connectivity index (χ2v) is 5.08. The van der Waals surface area contributed by atoms with Crippen molar-refractivity contribution in [2.75, 3.05) is 20.2 Å². The zero-order chi connectivity index (χ0) is 11.5. The minimum atomic E-state index is -0.157. The number of rotatable bonds is 1. The maximum Gasteiger partial charge on any atom is 0.409 e. The van der Waals surface area contributed by atoms with Gasteiger partial charge in [0.2, 0.25) is 0 Å². The molecule has 1 saturated carbocycles. The van der Waals surface area contributed by atoms with Crippen LogP contribution in [0.1, 0.15) is 25.7 Å². The van der Waals surface area contributed by atoms with E-state index in [9.17, 15) is 4.79 Å². The van der Waals surface area contributed by atoms with Crippen LogP contribution in [0.5, 0.6) is 0 Å². The van der Waals surface area contributed by atoms with Crippen LogP contribution in [0.25, 0.3) is 0 Å². The molecule has 0 bridgehead atoms. The van der Waals surface area contributed by atoms with Crippen molar-refractivity contribution < 1.29 is 9.53 Å². The summed E-state index contributed by atoms with van der Waals surface area (Å²) in [5.74, 6) is 2.07. The molecule has 3 unspecified atom stereocenters. The van der Waals surface area contributed by atoms with Gasteiger partial charge >= 0.3 is 6.09 Å². The number of carbonyl (C=O) groups is 1. The Morgan fingerprint density at radius 1 is 1.31 bits per heavy atom. The molecule has 16 heavy (non-hydrogen) atoms. The number of methoxy groups -OCH3 is 1. The van der Waals surface area contributed by atoms with Gasteiger partial charge in [-0.2, -0.15) is 0 Å². The molecule has 1 aliphatic carbocycles. The molecule has 3 nitrogen and oxygen atoms in total. The molecular weight excluding hydrogens is 201 g/mol. The number of nitrogens with zero attached hydrogens (tertiary/aromatic N) is 1. The smallest absolute Gasteiger partial charge is 0.409 e. The average molecular weight is 222 g/mol. The van der Waals surface area contributed by atoms with E-state index in [2.05, 4.69) is 14.1 Å². The minimum Gasteiger partial charge on any atom is -0.453 e. The molecule has 4 heteroatoms. The van der Waals surface area contributed by atoms with Gasteiger partial charge in [-0.15, -0.1) is 0 Å². The van der Waals surface area contributed by atoms with Crippen LogP contribution in [-0.4, -0.2) is 38.5 Å². The van der Waals surface area contributed by atoms with E-state index >= 15 is 0 Å². The lowest BCUT2D eigenvalue weighted by Gasteiger charge is -2.45. The molecule has 0 N–H and O–H groups in total. The maximum absolute atomic E-state index is 11.6. The molecule has 0 aromatic heterocycles. The third-order valence-electron chi connectivity index (χ3n) is 4.26. The summed E-state index contributed by atoms with van der Waals surface area (Å²) >= 11 is 0. The Labute approximate surface area is 98.8 Å². The van der Waals surface area contributed by atoms with Gasteiger partial charge in [0.1, 0.15) is 7.28 Å². The van der Waals surface area contributed by atoms with E-state index < -0.39 is 0 Å². The van der Waals surface area contributed by atoms with Gasteiger partial charge in [-0.25, -0.2) is 4.79 Å². The topological polar surface area (TPSA) is 29.5 Å². The zero-order valence-electron chi connectivity index (χ0n) is 10.3. The Hall–Kier alpha value is -0.665. The normalized spacial score (nSPS) is 34.1. The summed E-state index contributed by atoms with van der Waals surface area (Å²) in [6, 6.07) is 0. The largest absolute Gasteiger partial charge is 0.453 e. The van der Waals surface area contributed by atoms with E-state index in [1.165, 1.54) is 32.8 Å². The fraction of sp³-hybridized carbons (Fsp3) is 0.917. The molecule has 1 saturated heterocycles. The monoisotopic (exact) mass is 222 g/mol. The maximum atomic E-state index is 11.6. The number of fused-ring (bicyclic) bond motifs is 1. The standard InChI is InChI=1S/C12H21BNO2/c1-13-11-8-14(12(15)16-2)7-9-5-3-4-6-10(9)11/h9-11H,3-8H2,1-2H3. The highest BCUT2D eigenvalue weighted by Crippen LogP contribution is 2.41. The highest BCUT2D eigenvalue weighted by Gasteiger charge is 2.38. The van der Waals surface area contributed by atoms with Crippen molar-refractivity contribution >= 4 is 13.4 Å². The molecule has 1 radical (unpaired) electrons. The second kappa shape index (κ2) is 5.11. The zero-order valence-corrected chi connectivity index (χ0v) is 10.3. The van der Waals surface area contributed by atoms with Gasteiger partial charge < -0.3 is 9.64 Å². The van der Waals surface area contributed by atoms with E-state index in [0.717, 1.165) is 19.0 Å². The predicted octanol–water partition coefficient (Wildman–Crippen LogP) is 2.42. The van der Waals surface area contributed by atoms with Crippen molar-refractivity contribution in [1.29, 1.82) is 0 Å². The molecule has 0 aromatic rings. The van der Waals surface area contributed by atoms with Gasteiger partial charge in [-0.05, 0) is 24.1 Å². The molecule has 0 aromatic carbocycles. The highest BCUT2D eigenvalue weighted by atomic mass is 16.5. The number of carbonyl (C=O) groups excluding carboxylic acids is 1. The molecule has 2 rings (SSSR count). The van der Waals surface area contributed by atoms with Crippen molar-refractivity contribution in [2.24, 2.45) is 11.8 Å². The number of piperidine rings is 1. The fourth-order valence-corrected chi connectivity index (χ4v) is 3.40. The molecule has 1 aliphatic heterocycles. The van der Waals surface area contributed by atoms with Crippen LogP contribution in [0.2, 0.25) is 12.6 Å². The minimum absolute atomic E-state index is 0.157. The van der Waals surface area contributed by atoms with E-state index in [0.29, 0.717) is 11.7 Å². The van der Waals surface area contributed by atoms with Crippen LogP contribution in [0, 0.1) is 11.8 Å². The van der Waals surface area contributed by atoms with Crippen LogP contribution >= 0.6 is 0 Å². The van der Waals surface area contributed by atoms with Crippen molar-refractivity contribution in [3.8, 4) is 0 Å². The summed E-state index contributed by atoms with van der Waals surface area (Å²) in [5, 5.41) is 0. The number of ether oxygens (including phenoxy) is 1. The summed E-state index contributed by atoms with van der Waals surface area (Å²) in [7, 11) is 3.75. The SMILES string of the molecule is C[B]C1CN(C(=O)OC)CC2CCCCC12. The highest BCUT2D eigenvalue weighted by molar-refractivity contribution is 6.36. The lowest BCUT2D eigenvalue weighted by atomic mass is 9.54. The summed E-state index contributed by atoms with van der Waals surface area (Å²) in [6.45, 7) is 3.88. The number of hydrogen-bond acceptors (Lipinski definition) is 2. The van der Waals surface area contributed by atoms with Crippen molar-refractivity contribution in [3.63, 3.8) is 0 Å². The Morgan fingerprint density at radius 3 is 2.75 bits per heavy atom. The number of likely N-dealkylation sites (tertiary alicyclic amines) is 1. The third kappa shape index (κ3) is 2.20. The van der Waals surface area contributed by atoms with Crippen LogP contribution in [-0.2, 0) is 4.74 Å². The van der Waals surface area contributed by atoms with E-state index in [1.807, 2.05) is 4.90 Å². The molecule has 2 fully saturated rings. The first kappa shape index (κ1) is 11.8. The summed E-state index contributed by atoms with van der Waals surface area (Å²) < 4.78 is 4.84. The predicted molar refractivity (Wildman–Crippen MR) is 64.8 cm³/mol. The Kier molecular flexibility index (Phi) is 3.77. The molecule has 89 valence electrons. The number of hydrogen-bond donors (Lipinski definition) is 0. The van der Waals surface area contributed by atoms with Crippen LogP contribution in [0.4, 0.5) is 4.79 Å². The molecule has 1 amide bonds. The van der Waals surface area contributed by atoms with Gasteiger partial charge in [-0.3, -0.25) is 0 Å². The van der Waals surface area contributed by atoms with Crippen LogP contribution in [0.15, 0.2) is 0 Å². The Bertz CT molecular complexity index is 251. The molecule has 2 aliphatic rings. The van der Waals surface area contributed by atoms with Crippen LogP contribution in [0.3, 0.4) is 0 Å². The third-order valence-corrected chi connectivity index (χ3v) is 4.26. The van der Waals surface area contributed by atoms with Crippen molar-refractivity contribution in [2.45, 2.75) is 38.3 Å². The first-order valence-corrected chi connectivity index (χ1v) is 6.38. The molecule has 1 heterocycles. The van der Waals surface area contributed by atoms with Crippen molar-refractivity contribution in [3.05, 3.63) is 0 Å². The van der Waals surface area contributed by atoms with Gasteiger partial charge in [0.05, 0.1) is 7.11 Å². The second-order valence-electron chi connectivity index (χ2n) is 5.08. The van der Waals surface area contributed by atoms with E-state index in [4.69, 9.17) is 4.74 Å². The van der Waals surface area contributed by atoms with Crippen molar-refractivity contribution in [1.82, 2.24) is 4.90 Å². The van der Waals surface area contributed by atoms with Gasteiger partial charge in [0, 0.05) is 13.1 Å². The van der Waals surface area contributed by atoms with E-state index in [-0.39, 0.29) is 6.09 Å². The molecule has 0 spiro atoms. The Balaban J connectivity index is 2.05. The molecular formula is C12H21BNO2. The summed E-state index contributed by atoms with van der Waals surface area (Å²) in [4.78, 5) is 13.5. The van der Waals surface area contributed by atoms with Gasteiger partial charge in [0.25, 0.3) is 0 Å². The number of amides is 1. The van der Waals surface area contributed by atoms with Gasteiger partial charge in [-0.1, -0.05) is 26.1 Å². The first-order valence-electron chi connectivity index (χ1n) is 6.38. The van der Waals surface area contributed by atoms with Gasteiger partial charge in [0.15, 0.2) is 0 Å².